The summed E-state index contributed by atoms with van der Waals surface area (Å²) < 4.78 is 10.5. The minimum Gasteiger partial charge on any atom is -0.212 e. The summed E-state index contributed by atoms with van der Waals surface area (Å²) in [6, 6.07) is 0. The van der Waals surface area contributed by atoms with Gasteiger partial charge in [0.2, 0.25) is 5.09 Å². The number of halogens is 3. The second kappa shape index (κ2) is 9.10. The summed E-state index contributed by atoms with van der Waals surface area (Å²) in [6.07, 6.45) is 0. The molecule has 0 saturated carbocycles. The molecule has 0 spiro atoms. The van der Waals surface area contributed by atoms with E-state index in [1.165, 1.54) is 0 Å². The summed E-state index contributed by atoms with van der Waals surface area (Å²) >= 11 is 8.75. The molecular weight excluding hydrogens is 126 g/mol. The molecule has 0 atom stereocenters. The third-order valence-corrected chi connectivity index (χ3v) is 0. The molecule has 6 heavy (non-hydrogen) atoms. The third kappa shape index (κ3) is 214. The van der Waals surface area contributed by atoms with E-state index in [1.807, 2.05) is 13.8 Å². The standard InChI is InChI=1S/C2H6.CHCl2F/c1-2;2-1(3)4/h1-2H3;1H. The van der Waals surface area contributed by atoms with Gasteiger partial charge in [0, 0.05) is 0 Å². The van der Waals surface area contributed by atoms with Gasteiger partial charge in [-0.05, 0) is 0 Å². The molecule has 40 valence electrons. The lowest BCUT2D eigenvalue weighted by Crippen LogP contribution is -1.58. The molecule has 0 unspecified atom stereocenters. The first-order valence-electron chi connectivity index (χ1n) is 1.65. The van der Waals surface area contributed by atoms with Gasteiger partial charge >= 0.3 is 0 Å². The number of rotatable bonds is 0. The summed E-state index contributed by atoms with van der Waals surface area (Å²) in [7, 11) is 0. The Morgan fingerprint density at radius 1 is 1.33 bits per heavy atom. The van der Waals surface area contributed by atoms with Crippen LogP contribution >= 0.6 is 23.2 Å². The lowest BCUT2D eigenvalue weighted by atomic mass is 11.0. The Morgan fingerprint density at radius 3 is 1.33 bits per heavy atom. The van der Waals surface area contributed by atoms with E-state index >= 15 is 0 Å². The molecule has 0 heterocycles. The zero-order valence-corrected chi connectivity index (χ0v) is 5.22. The first-order valence-corrected chi connectivity index (χ1v) is 2.53. The molecule has 0 nitrogen and oxygen atoms in total. The Kier molecular flexibility index (Phi) is 14.7. The number of hydrogen-bond donors (Lipinski definition) is 0. The smallest absolute Gasteiger partial charge is 0.212 e. The van der Waals surface area contributed by atoms with Crippen molar-refractivity contribution in [3.05, 3.63) is 0 Å². The van der Waals surface area contributed by atoms with Gasteiger partial charge in [-0.15, -0.1) is 0 Å². The van der Waals surface area contributed by atoms with Crippen LogP contribution in [0.4, 0.5) is 4.39 Å². The topological polar surface area (TPSA) is 0 Å². The monoisotopic (exact) mass is 132 g/mol. The molecule has 0 fully saturated rings. The number of alkyl halides is 3. The first-order chi connectivity index (χ1) is 2.73. The van der Waals surface area contributed by atoms with Crippen LogP contribution in [-0.2, 0) is 0 Å². The fourth-order valence-corrected chi connectivity index (χ4v) is 0. The molecule has 0 bridgehead atoms. The van der Waals surface area contributed by atoms with Crippen molar-refractivity contribution in [3.63, 3.8) is 0 Å². The van der Waals surface area contributed by atoms with Gasteiger partial charge in [0.1, 0.15) is 0 Å². The van der Waals surface area contributed by atoms with E-state index in [-0.39, 0.29) is 0 Å². The highest BCUT2D eigenvalue weighted by Gasteiger charge is 1.81. The van der Waals surface area contributed by atoms with Crippen molar-refractivity contribution in [1.29, 1.82) is 0 Å². The Bertz CT molecular complexity index is 13.5. The molecule has 0 aliphatic carbocycles. The van der Waals surface area contributed by atoms with E-state index in [0.717, 1.165) is 0 Å². The average Bonchev–Trinajstić information content (AvgIpc) is 1.41. The van der Waals surface area contributed by atoms with Crippen molar-refractivity contribution < 1.29 is 4.39 Å². The average molecular weight is 133 g/mol. The largest absolute Gasteiger partial charge is 0.247 e. The van der Waals surface area contributed by atoms with Crippen LogP contribution in [0.3, 0.4) is 0 Å². The quantitative estimate of drug-likeness (QED) is 0.445. The van der Waals surface area contributed by atoms with Crippen LogP contribution in [0, 0.1) is 0 Å². The zero-order valence-electron chi connectivity index (χ0n) is 3.71. The molecule has 0 aromatic rings. The molecule has 0 aliphatic heterocycles. The maximum absolute atomic E-state index is 10.5. The normalized spacial score (nSPS) is 7.00. The molecule has 3 heteroatoms. The minimum atomic E-state index is -1.72. The van der Waals surface area contributed by atoms with Gasteiger partial charge in [0.25, 0.3) is 0 Å². The van der Waals surface area contributed by atoms with Crippen molar-refractivity contribution in [2.45, 2.75) is 18.9 Å². The molecule has 0 N–H and O–H groups in total. The van der Waals surface area contributed by atoms with Gasteiger partial charge < -0.3 is 0 Å². The second-order valence-electron chi connectivity index (χ2n) is 0.247. The van der Waals surface area contributed by atoms with Gasteiger partial charge in [0.05, 0.1) is 0 Å². The highest BCUT2D eigenvalue weighted by molar-refractivity contribution is 6.42. The fourth-order valence-electron chi connectivity index (χ4n) is 0. The van der Waals surface area contributed by atoms with Crippen LogP contribution < -0.4 is 0 Å². The van der Waals surface area contributed by atoms with Crippen molar-refractivity contribution in [2.24, 2.45) is 0 Å². The van der Waals surface area contributed by atoms with Gasteiger partial charge in [-0.25, -0.2) is 4.39 Å². The summed E-state index contributed by atoms with van der Waals surface area (Å²) in [5.41, 5.74) is 0. The lowest BCUT2D eigenvalue weighted by Gasteiger charge is -1.68. The van der Waals surface area contributed by atoms with Crippen LogP contribution in [0.25, 0.3) is 0 Å². The Balaban J connectivity index is 0. The van der Waals surface area contributed by atoms with E-state index in [9.17, 15) is 4.39 Å². The van der Waals surface area contributed by atoms with Gasteiger partial charge in [-0.2, -0.15) is 0 Å². The Hall–Kier alpha value is 0.510. The van der Waals surface area contributed by atoms with Crippen LogP contribution in [0.2, 0.25) is 0 Å². The SMILES string of the molecule is CC.FC(Cl)Cl. The summed E-state index contributed by atoms with van der Waals surface area (Å²) in [5, 5.41) is -1.72. The minimum absolute atomic E-state index is 1.72. The molecular formula is C3H7Cl2F. The highest BCUT2D eigenvalue weighted by Crippen LogP contribution is 1.98. The van der Waals surface area contributed by atoms with Crippen molar-refractivity contribution in [2.75, 3.05) is 0 Å². The van der Waals surface area contributed by atoms with Crippen LogP contribution in [0.15, 0.2) is 0 Å². The van der Waals surface area contributed by atoms with E-state index in [1.54, 1.807) is 0 Å². The van der Waals surface area contributed by atoms with Gasteiger partial charge in [0.15, 0.2) is 0 Å². The van der Waals surface area contributed by atoms with Crippen molar-refractivity contribution in [1.82, 2.24) is 0 Å². The first kappa shape index (κ1) is 9.72. The van der Waals surface area contributed by atoms with E-state index in [2.05, 4.69) is 23.2 Å². The van der Waals surface area contributed by atoms with E-state index in [4.69, 9.17) is 0 Å². The number of hydrogen-bond acceptors (Lipinski definition) is 0. The molecule has 0 radical (unpaired) electrons. The lowest BCUT2D eigenvalue weighted by molar-refractivity contribution is 0.553. The highest BCUT2D eigenvalue weighted by atomic mass is 35.5. The third-order valence-electron chi connectivity index (χ3n) is 0. The zero-order chi connectivity index (χ0) is 5.58. The second-order valence-corrected chi connectivity index (χ2v) is 1.24. The van der Waals surface area contributed by atoms with E-state index in [0.29, 0.717) is 0 Å². The molecule has 0 aromatic heterocycles. The van der Waals surface area contributed by atoms with Crippen molar-refractivity contribution in [3.8, 4) is 0 Å². The predicted molar refractivity (Wildman–Crippen MR) is 27.9 cm³/mol. The predicted octanol–water partition coefficient (Wildman–Crippen LogP) is 2.74. The molecule has 0 aliphatic rings. The molecule has 0 amide bonds. The fraction of sp³-hybridized carbons (Fsp3) is 1.00. The summed E-state index contributed by atoms with van der Waals surface area (Å²) in [5.74, 6) is 0. The summed E-state index contributed by atoms with van der Waals surface area (Å²) in [4.78, 5) is 0. The van der Waals surface area contributed by atoms with Crippen molar-refractivity contribution >= 4 is 23.2 Å². The van der Waals surface area contributed by atoms with Crippen LogP contribution in [-0.4, -0.2) is 5.09 Å². The maximum Gasteiger partial charge on any atom is 0.247 e. The Morgan fingerprint density at radius 2 is 1.33 bits per heavy atom. The Labute approximate surface area is 47.2 Å². The molecule has 0 rings (SSSR count). The van der Waals surface area contributed by atoms with E-state index < -0.39 is 5.09 Å². The molecule has 0 aromatic carbocycles. The van der Waals surface area contributed by atoms with Gasteiger partial charge in [-0.3, -0.25) is 0 Å². The van der Waals surface area contributed by atoms with Gasteiger partial charge in [-0.1, -0.05) is 37.0 Å². The maximum atomic E-state index is 10.5. The summed E-state index contributed by atoms with van der Waals surface area (Å²) in [6.45, 7) is 4.00. The van der Waals surface area contributed by atoms with Crippen LogP contribution in [0.5, 0.6) is 0 Å². The molecule has 0 saturated heterocycles. The van der Waals surface area contributed by atoms with Crippen LogP contribution in [0.1, 0.15) is 13.8 Å².